The summed E-state index contributed by atoms with van der Waals surface area (Å²) in [5.41, 5.74) is 0. The zero-order valence-electron chi connectivity index (χ0n) is 11.6. The molecule has 4 heteroatoms. The van der Waals surface area contributed by atoms with E-state index < -0.39 is 0 Å². The fraction of sp³-hybridized carbons (Fsp3) is 0.929. The van der Waals surface area contributed by atoms with Crippen molar-refractivity contribution >= 4 is 5.91 Å². The first-order valence-electron chi connectivity index (χ1n) is 7.13. The van der Waals surface area contributed by atoms with E-state index in [2.05, 4.69) is 6.92 Å². The number of carbonyl (C=O) groups is 1. The Morgan fingerprint density at radius 3 is 2.33 bits per heavy atom. The molecule has 1 aliphatic carbocycles. The van der Waals surface area contributed by atoms with Crippen LogP contribution in [0.1, 0.15) is 40.0 Å². The summed E-state index contributed by atoms with van der Waals surface area (Å²) in [6.45, 7) is 6.63. The van der Waals surface area contributed by atoms with Gasteiger partial charge < -0.3 is 14.7 Å². The molecule has 1 N–H and O–H groups in total. The summed E-state index contributed by atoms with van der Waals surface area (Å²) in [7, 11) is 0. The predicted molar refractivity (Wildman–Crippen MR) is 69.1 cm³/mol. The van der Waals surface area contributed by atoms with Gasteiger partial charge in [-0.3, -0.25) is 4.79 Å². The van der Waals surface area contributed by atoms with Gasteiger partial charge in [-0.2, -0.15) is 0 Å². The van der Waals surface area contributed by atoms with E-state index in [4.69, 9.17) is 9.84 Å². The van der Waals surface area contributed by atoms with Crippen molar-refractivity contribution in [3.05, 3.63) is 0 Å². The van der Waals surface area contributed by atoms with Gasteiger partial charge in [0.15, 0.2) is 0 Å². The van der Waals surface area contributed by atoms with Crippen LogP contribution >= 0.6 is 0 Å². The van der Waals surface area contributed by atoms with E-state index >= 15 is 0 Å². The number of aliphatic hydroxyl groups is 1. The van der Waals surface area contributed by atoms with E-state index in [1.807, 2.05) is 18.7 Å². The molecule has 2 aliphatic rings. The molecule has 18 heavy (non-hydrogen) atoms. The topological polar surface area (TPSA) is 49.8 Å². The van der Waals surface area contributed by atoms with Crippen molar-refractivity contribution in [1.29, 1.82) is 0 Å². The lowest BCUT2D eigenvalue weighted by Gasteiger charge is -2.39. The van der Waals surface area contributed by atoms with Crippen molar-refractivity contribution in [3.8, 4) is 0 Å². The minimum absolute atomic E-state index is 0.0104. The van der Waals surface area contributed by atoms with Crippen LogP contribution < -0.4 is 0 Å². The summed E-state index contributed by atoms with van der Waals surface area (Å²) in [5.74, 6) is 0.388. The lowest BCUT2D eigenvalue weighted by Crippen LogP contribution is -2.50. The van der Waals surface area contributed by atoms with Crippen molar-refractivity contribution in [3.63, 3.8) is 0 Å². The minimum atomic E-state index is -0.0489. The van der Waals surface area contributed by atoms with Crippen molar-refractivity contribution < 1.29 is 14.6 Å². The second-order valence-electron chi connectivity index (χ2n) is 5.77. The first-order chi connectivity index (χ1) is 8.56. The molecule has 1 heterocycles. The normalized spacial score (nSPS) is 36.4. The minimum Gasteiger partial charge on any atom is -0.395 e. The molecule has 1 amide bonds. The van der Waals surface area contributed by atoms with Gasteiger partial charge in [0, 0.05) is 12.6 Å². The molecule has 0 aromatic rings. The van der Waals surface area contributed by atoms with Crippen molar-refractivity contribution in [1.82, 2.24) is 4.90 Å². The highest BCUT2D eigenvalue weighted by Crippen LogP contribution is 2.35. The molecule has 4 nitrogen and oxygen atoms in total. The van der Waals surface area contributed by atoms with Gasteiger partial charge in [-0.25, -0.2) is 0 Å². The van der Waals surface area contributed by atoms with Crippen LogP contribution in [0.25, 0.3) is 0 Å². The van der Waals surface area contributed by atoms with Gasteiger partial charge >= 0.3 is 0 Å². The molecule has 0 spiro atoms. The van der Waals surface area contributed by atoms with Gasteiger partial charge in [-0.15, -0.1) is 0 Å². The Balaban J connectivity index is 2.07. The van der Waals surface area contributed by atoms with Crippen molar-refractivity contribution in [2.24, 2.45) is 11.8 Å². The van der Waals surface area contributed by atoms with Gasteiger partial charge in [0.05, 0.1) is 24.7 Å². The molecular weight excluding hydrogens is 230 g/mol. The number of amides is 1. The summed E-state index contributed by atoms with van der Waals surface area (Å²) < 4.78 is 5.76. The van der Waals surface area contributed by atoms with E-state index in [0.717, 1.165) is 12.8 Å². The van der Waals surface area contributed by atoms with Gasteiger partial charge in [0.25, 0.3) is 0 Å². The molecule has 1 saturated heterocycles. The van der Waals surface area contributed by atoms with Crippen LogP contribution in [-0.2, 0) is 9.53 Å². The second kappa shape index (κ2) is 5.57. The molecule has 0 radical (unpaired) electrons. The van der Waals surface area contributed by atoms with Crippen LogP contribution in [0.2, 0.25) is 0 Å². The number of hydrogen-bond acceptors (Lipinski definition) is 3. The average molecular weight is 255 g/mol. The Bertz CT molecular complexity index is 303. The van der Waals surface area contributed by atoms with Gasteiger partial charge in [0.2, 0.25) is 5.91 Å². The van der Waals surface area contributed by atoms with E-state index in [9.17, 15) is 4.79 Å². The van der Waals surface area contributed by atoms with Crippen LogP contribution in [0.15, 0.2) is 0 Å². The predicted octanol–water partition coefficient (Wildman–Crippen LogP) is 1.42. The molecule has 1 aliphatic heterocycles. The third-order valence-electron chi connectivity index (χ3n) is 4.67. The summed E-state index contributed by atoms with van der Waals surface area (Å²) in [6, 6.07) is 0.347. The third kappa shape index (κ3) is 2.41. The number of ether oxygens (including phenoxy) is 1. The number of carbonyl (C=O) groups excluding carboxylic acids is 1. The molecule has 104 valence electrons. The molecule has 1 saturated carbocycles. The first kappa shape index (κ1) is 13.8. The molecular formula is C14H25NO3. The second-order valence-corrected chi connectivity index (χ2v) is 5.77. The lowest BCUT2D eigenvalue weighted by molar-refractivity contribution is -0.142. The van der Waals surface area contributed by atoms with Crippen LogP contribution in [0.5, 0.6) is 0 Å². The molecule has 0 bridgehead atoms. The van der Waals surface area contributed by atoms with Crippen LogP contribution in [0, 0.1) is 11.8 Å². The zero-order valence-corrected chi connectivity index (χ0v) is 11.6. The third-order valence-corrected chi connectivity index (χ3v) is 4.67. The summed E-state index contributed by atoms with van der Waals surface area (Å²) >= 11 is 0. The fourth-order valence-electron chi connectivity index (χ4n) is 3.16. The summed E-state index contributed by atoms with van der Waals surface area (Å²) in [4.78, 5) is 14.6. The Labute approximate surface area is 109 Å². The smallest absolute Gasteiger partial charge is 0.228 e. The highest BCUT2D eigenvalue weighted by Gasteiger charge is 2.44. The standard InChI is InChI=1S/C14H25NO3/c1-9-10(2)18-11(3)13(9)14(17)15(7-8-16)12-5-4-6-12/h9-13,16H,4-8H2,1-3H3. The maximum Gasteiger partial charge on any atom is 0.228 e. The summed E-state index contributed by atoms with van der Waals surface area (Å²) in [5, 5.41) is 9.16. The van der Waals surface area contributed by atoms with Crippen LogP contribution in [0.3, 0.4) is 0 Å². The summed E-state index contributed by atoms with van der Waals surface area (Å²) in [6.07, 6.45) is 3.49. The van der Waals surface area contributed by atoms with Crippen LogP contribution in [0.4, 0.5) is 0 Å². The fourth-order valence-corrected chi connectivity index (χ4v) is 3.16. The number of rotatable bonds is 4. The largest absolute Gasteiger partial charge is 0.395 e. The quantitative estimate of drug-likeness (QED) is 0.826. The van der Waals surface area contributed by atoms with E-state index in [1.165, 1.54) is 6.42 Å². The SMILES string of the molecule is CC1OC(C)C(C(=O)N(CCO)C2CCC2)C1C. The molecule has 2 fully saturated rings. The van der Waals surface area contributed by atoms with Gasteiger partial charge in [-0.1, -0.05) is 6.92 Å². The highest BCUT2D eigenvalue weighted by molar-refractivity contribution is 5.80. The Kier molecular flexibility index (Phi) is 4.28. The Morgan fingerprint density at radius 1 is 1.28 bits per heavy atom. The monoisotopic (exact) mass is 255 g/mol. The first-order valence-corrected chi connectivity index (χ1v) is 7.13. The number of aliphatic hydroxyl groups excluding tert-OH is 1. The molecule has 0 aromatic heterocycles. The molecule has 4 unspecified atom stereocenters. The lowest BCUT2D eigenvalue weighted by atomic mass is 9.85. The van der Waals surface area contributed by atoms with E-state index in [-0.39, 0.29) is 36.6 Å². The highest BCUT2D eigenvalue weighted by atomic mass is 16.5. The number of nitrogens with zero attached hydrogens (tertiary/aromatic N) is 1. The molecule has 4 atom stereocenters. The zero-order chi connectivity index (χ0) is 13.3. The maximum atomic E-state index is 12.7. The van der Waals surface area contributed by atoms with E-state index in [1.54, 1.807) is 0 Å². The van der Waals surface area contributed by atoms with Crippen LogP contribution in [-0.4, -0.2) is 47.3 Å². The van der Waals surface area contributed by atoms with E-state index in [0.29, 0.717) is 12.6 Å². The molecule has 2 rings (SSSR count). The average Bonchev–Trinajstić information content (AvgIpc) is 2.49. The molecule has 0 aromatic carbocycles. The van der Waals surface area contributed by atoms with Crippen molar-refractivity contribution in [2.45, 2.75) is 58.3 Å². The Morgan fingerprint density at radius 2 is 1.94 bits per heavy atom. The Hall–Kier alpha value is -0.610. The number of hydrogen-bond donors (Lipinski definition) is 1. The maximum absolute atomic E-state index is 12.7. The van der Waals surface area contributed by atoms with Crippen molar-refractivity contribution in [2.75, 3.05) is 13.2 Å². The van der Waals surface area contributed by atoms with Gasteiger partial charge in [0.1, 0.15) is 0 Å². The van der Waals surface area contributed by atoms with Gasteiger partial charge in [-0.05, 0) is 39.0 Å².